The van der Waals surface area contributed by atoms with Gasteiger partial charge in [0.05, 0.1) is 11.1 Å². The van der Waals surface area contributed by atoms with E-state index in [0.717, 1.165) is 6.42 Å². The highest BCUT2D eigenvalue weighted by molar-refractivity contribution is 5.93. The lowest BCUT2D eigenvalue weighted by Crippen LogP contribution is -2.38. The summed E-state index contributed by atoms with van der Waals surface area (Å²) >= 11 is 0. The van der Waals surface area contributed by atoms with E-state index in [0.29, 0.717) is 12.5 Å². The maximum atomic E-state index is 12.3. The van der Waals surface area contributed by atoms with Crippen molar-refractivity contribution in [3.8, 4) is 0 Å². The van der Waals surface area contributed by atoms with E-state index in [9.17, 15) is 19.7 Å². The van der Waals surface area contributed by atoms with Crippen LogP contribution in [0.3, 0.4) is 0 Å². The average molecular weight is 368 g/mol. The van der Waals surface area contributed by atoms with Gasteiger partial charge in [0.1, 0.15) is 11.3 Å². The van der Waals surface area contributed by atoms with Crippen molar-refractivity contribution in [2.45, 2.75) is 53.2 Å². The van der Waals surface area contributed by atoms with Gasteiger partial charge >= 0.3 is 6.09 Å². The molecular formula is C17H28N4O5. The number of ether oxygens (including phenoxy) is 1. The Balaban J connectivity index is 2.60. The van der Waals surface area contributed by atoms with E-state index in [2.05, 4.69) is 10.6 Å². The van der Waals surface area contributed by atoms with Gasteiger partial charge in [-0.2, -0.15) is 0 Å². The number of aromatic nitrogens is 1. The first kappa shape index (κ1) is 21.5. The highest BCUT2D eigenvalue weighted by Gasteiger charge is 2.19. The van der Waals surface area contributed by atoms with Crippen molar-refractivity contribution < 1.29 is 19.2 Å². The van der Waals surface area contributed by atoms with Crippen molar-refractivity contribution in [3.05, 3.63) is 28.1 Å². The molecule has 2 N–H and O–H groups in total. The molecule has 9 nitrogen and oxygen atoms in total. The average Bonchev–Trinajstić information content (AvgIpc) is 2.92. The van der Waals surface area contributed by atoms with Crippen molar-refractivity contribution in [2.24, 2.45) is 5.92 Å². The summed E-state index contributed by atoms with van der Waals surface area (Å²) in [4.78, 5) is 34.3. The van der Waals surface area contributed by atoms with Crippen LogP contribution in [0.1, 0.15) is 51.5 Å². The molecule has 0 bridgehead atoms. The minimum atomic E-state index is -0.594. The summed E-state index contributed by atoms with van der Waals surface area (Å²) in [7, 11) is 0. The van der Waals surface area contributed by atoms with Gasteiger partial charge in [0.25, 0.3) is 11.6 Å². The lowest BCUT2D eigenvalue weighted by atomic mass is 10.1. The summed E-state index contributed by atoms with van der Waals surface area (Å²) in [5.41, 5.74) is -0.482. The zero-order valence-electron chi connectivity index (χ0n) is 16.0. The van der Waals surface area contributed by atoms with Crippen molar-refractivity contribution in [1.29, 1.82) is 0 Å². The predicted octanol–water partition coefficient (Wildman–Crippen LogP) is 2.70. The molecule has 0 atom stereocenters. The van der Waals surface area contributed by atoms with Crippen molar-refractivity contribution >= 4 is 17.7 Å². The van der Waals surface area contributed by atoms with Gasteiger partial charge in [0.2, 0.25) is 0 Å². The van der Waals surface area contributed by atoms with Gasteiger partial charge in [-0.3, -0.25) is 14.9 Å². The highest BCUT2D eigenvalue weighted by Crippen LogP contribution is 2.18. The zero-order valence-corrected chi connectivity index (χ0v) is 16.0. The fourth-order valence-electron chi connectivity index (χ4n) is 2.11. The minimum absolute atomic E-state index is 0.120. The van der Waals surface area contributed by atoms with Crippen LogP contribution in [0.4, 0.5) is 10.5 Å². The van der Waals surface area contributed by atoms with E-state index < -0.39 is 22.5 Å². The molecular weight excluding hydrogens is 340 g/mol. The van der Waals surface area contributed by atoms with Crippen molar-refractivity contribution in [1.82, 2.24) is 15.2 Å². The molecule has 0 spiro atoms. The van der Waals surface area contributed by atoms with Crippen LogP contribution >= 0.6 is 0 Å². The van der Waals surface area contributed by atoms with E-state index in [1.165, 1.54) is 12.3 Å². The van der Waals surface area contributed by atoms with Crippen LogP contribution < -0.4 is 10.6 Å². The molecule has 0 aliphatic heterocycles. The highest BCUT2D eigenvalue weighted by atomic mass is 16.6. The summed E-state index contributed by atoms with van der Waals surface area (Å²) in [6, 6.07) is 1.26. The quantitative estimate of drug-likeness (QED) is 0.416. The first-order chi connectivity index (χ1) is 12.0. The Morgan fingerprint density at radius 2 is 1.88 bits per heavy atom. The second-order valence-electron chi connectivity index (χ2n) is 7.40. The Kier molecular flexibility index (Phi) is 7.60. The van der Waals surface area contributed by atoms with Gasteiger partial charge in [0.15, 0.2) is 0 Å². The number of hydrogen-bond donors (Lipinski definition) is 2. The molecule has 0 unspecified atom stereocenters. The van der Waals surface area contributed by atoms with Crippen LogP contribution in [0, 0.1) is 16.0 Å². The van der Waals surface area contributed by atoms with Gasteiger partial charge in [0, 0.05) is 25.7 Å². The molecule has 0 aromatic carbocycles. The summed E-state index contributed by atoms with van der Waals surface area (Å²) in [5, 5.41) is 16.2. The third kappa shape index (κ3) is 7.54. The number of nitro groups is 1. The molecule has 0 aliphatic carbocycles. The first-order valence-corrected chi connectivity index (χ1v) is 8.59. The Bertz CT molecular complexity index is 646. The molecule has 0 saturated carbocycles. The third-order valence-corrected chi connectivity index (χ3v) is 3.35. The minimum Gasteiger partial charge on any atom is -0.444 e. The monoisotopic (exact) mass is 368 g/mol. The summed E-state index contributed by atoms with van der Waals surface area (Å²) < 4.78 is 6.68. The zero-order chi connectivity index (χ0) is 19.9. The number of rotatable bonds is 8. The summed E-state index contributed by atoms with van der Waals surface area (Å²) in [5.74, 6) is -0.0155. The molecule has 146 valence electrons. The molecule has 9 heteroatoms. The first-order valence-electron chi connectivity index (χ1n) is 8.59. The lowest BCUT2D eigenvalue weighted by molar-refractivity contribution is -0.384. The van der Waals surface area contributed by atoms with Gasteiger partial charge < -0.3 is 19.9 Å². The van der Waals surface area contributed by atoms with Gasteiger partial charge in [-0.05, 0) is 33.1 Å². The number of carbonyl (C=O) groups is 2. The number of carbonyl (C=O) groups excluding carboxylic acids is 2. The van der Waals surface area contributed by atoms with Crippen molar-refractivity contribution in [3.63, 3.8) is 0 Å². The molecule has 26 heavy (non-hydrogen) atoms. The molecule has 2 amide bonds. The number of nitrogens with one attached hydrogen (secondary N) is 2. The number of hydrogen-bond acceptors (Lipinski definition) is 5. The Hall–Kier alpha value is -2.58. The van der Waals surface area contributed by atoms with E-state index in [1.54, 1.807) is 25.3 Å². The maximum absolute atomic E-state index is 12.3. The number of nitrogens with zero attached hydrogens (tertiary/aromatic N) is 2. The molecule has 0 aliphatic rings. The molecule has 0 fully saturated rings. The van der Waals surface area contributed by atoms with Crippen LogP contribution in [0.15, 0.2) is 12.3 Å². The maximum Gasteiger partial charge on any atom is 0.407 e. The second kappa shape index (κ2) is 9.21. The molecule has 1 heterocycles. The van der Waals surface area contributed by atoms with E-state index >= 15 is 0 Å². The van der Waals surface area contributed by atoms with Crippen LogP contribution in [0.2, 0.25) is 0 Å². The SMILES string of the molecule is CC(C)CCn1cc([N+](=O)[O-])cc1C(=O)NCCNC(=O)OC(C)(C)C. The van der Waals surface area contributed by atoms with Gasteiger partial charge in [-0.1, -0.05) is 13.8 Å². The van der Waals surface area contributed by atoms with E-state index in [1.807, 2.05) is 13.8 Å². The van der Waals surface area contributed by atoms with Crippen LogP contribution in [-0.4, -0.2) is 40.2 Å². The molecule has 1 aromatic rings. The number of alkyl carbamates (subject to hydrolysis) is 1. The summed E-state index contributed by atoms with van der Waals surface area (Å²) in [6.07, 6.45) is 1.60. The number of amides is 2. The predicted molar refractivity (Wildman–Crippen MR) is 97.1 cm³/mol. The van der Waals surface area contributed by atoms with Crippen molar-refractivity contribution in [2.75, 3.05) is 13.1 Å². The fourth-order valence-corrected chi connectivity index (χ4v) is 2.11. The Morgan fingerprint density at radius 3 is 2.42 bits per heavy atom. The topological polar surface area (TPSA) is 115 Å². The lowest BCUT2D eigenvalue weighted by Gasteiger charge is -2.19. The van der Waals surface area contributed by atoms with Crippen LogP contribution in [0.25, 0.3) is 0 Å². The molecule has 1 aromatic heterocycles. The Labute approximate surface area is 153 Å². The number of aryl methyl sites for hydroxylation is 1. The summed E-state index contributed by atoms with van der Waals surface area (Å²) in [6.45, 7) is 10.2. The third-order valence-electron chi connectivity index (χ3n) is 3.35. The smallest absolute Gasteiger partial charge is 0.407 e. The normalized spacial score (nSPS) is 11.3. The Morgan fingerprint density at radius 1 is 1.27 bits per heavy atom. The van der Waals surface area contributed by atoms with Gasteiger partial charge in [-0.25, -0.2) is 4.79 Å². The van der Waals surface area contributed by atoms with E-state index in [4.69, 9.17) is 4.74 Å². The van der Waals surface area contributed by atoms with Crippen LogP contribution in [-0.2, 0) is 11.3 Å². The van der Waals surface area contributed by atoms with E-state index in [-0.39, 0.29) is 24.5 Å². The molecule has 1 rings (SSSR count). The van der Waals surface area contributed by atoms with Crippen LogP contribution in [0.5, 0.6) is 0 Å². The molecule has 0 saturated heterocycles. The van der Waals surface area contributed by atoms with Gasteiger partial charge in [-0.15, -0.1) is 0 Å². The standard InChI is InChI=1S/C17H28N4O5/c1-12(2)6-9-20-11-13(21(24)25)10-14(20)15(22)18-7-8-19-16(23)26-17(3,4)5/h10-12H,6-9H2,1-5H3,(H,18,22)(H,19,23). The second-order valence-corrected chi connectivity index (χ2v) is 7.40. The molecule has 0 radical (unpaired) electrons. The largest absolute Gasteiger partial charge is 0.444 e. The fraction of sp³-hybridized carbons (Fsp3) is 0.647.